The standard InChI is InChI=1S/C10H13NO2S.C10H13NOS/c12-10(8-9-2-1-7-14-9)11-3-5-13-6-4-11;1-2-10(13-9-1)3-4-11-5-7-12-8-6-11/h1-2,7H,3-6,8H2;1-4,9H,5-8H2. The molecule has 2 aromatic rings. The molecule has 0 aromatic carbocycles. The number of hydrogen-bond donors (Lipinski definition) is 0. The first-order valence-corrected chi connectivity index (χ1v) is 11.0. The molecule has 2 aliphatic rings. The predicted octanol–water partition coefficient (Wildman–Crippen LogP) is 3.20. The molecule has 7 heteroatoms. The molecule has 1 amide bonds. The van der Waals surface area contributed by atoms with Crippen LogP contribution < -0.4 is 0 Å². The van der Waals surface area contributed by atoms with E-state index in [9.17, 15) is 4.79 Å². The molecular weight excluding hydrogens is 380 g/mol. The van der Waals surface area contributed by atoms with Gasteiger partial charge in [-0.15, -0.1) is 22.7 Å². The summed E-state index contributed by atoms with van der Waals surface area (Å²) in [6.07, 6.45) is 4.86. The minimum absolute atomic E-state index is 0.218. The van der Waals surface area contributed by atoms with Crippen LogP contribution in [0, 0.1) is 0 Å². The van der Waals surface area contributed by atoms with Crippen LogP contribution in [0.3, 0.4) is 0 Å². The van der Waals surface area contributed by atoms with E-state index in [0.717, 1.165) is 44.3 Å². The SMILES string of the molecule is C(=CN1CCOCC1)c1cccs1.O=C(Cc1cccs1)N1CCOCC1. The van der Waals surface area contributed by atoms with Crippen LogP contribution >= 0.6 is 22.7 Å². The molecule has 5 nitrogen and oxygen atoms in total. The van der Waals surface area contributed by atoms with Gasteiger partial charge in [0.25, 0.3) is 0 Å². The molecule has 2 aliphatic heterocycles. The predicted molar refractivity (Wildman–Crippen MR) is 111 cm³/mol. The second-order valence-corrected chi connectivity index (χ2v) is 8.24. The number of rotatable bonds is 4. The molecule has 0 N–H and O–H groups in total. The smallest absolute Gasteiger partial charge is 0.227 e. The Morgan fingerprint density at radius 2 is 1.63 bits per heavy atom. The van der Waals surface area contributed by atoms with Gasteiger partial charge in [0.15, 0.2) is 0 Å². The van der Waals surface area contributed by atoms with Gasteiger partial charge in [-0.3, -0.25) is 4.79 Å². The van der Waals surface area contributed by atoms with E-state index in [1.54, 1.807) is 22.7 Å². The van der Waals surface area contributed by atoms with Crippen LogP contribution in [0.2, 0.25) is 0 Å². The maximum absolute atomic E-state index is 11.7. The highest BCUT2D eigenvalue weighted by atomic mass is 32.1. The Labute approximate surface area is 168 Å². The topological polar surface area (TPSA) is 42.0 Å². The second-order valence-electron chi connectivity index (χ2n) is 6.23. The van der Waals surface area contributed by atoms with Gasteiger partial charge in [0.1, 0.15) is 0 Å². The number of carbonyl (C=O) groups is 1. The summed E-state index contributed by atoms with van der Waals surface area (Å²) in [5.41, 5.74) is 0. The van der Waals surface area contributed by atoms with Crippen LogP contribution in [0.5, 0.6) is 0 Å². The fraction of sp³-hybridized carbons (Fsp3) is 0.450. The van der Waals surface area contributed by atoms with Gasteiger partial charge in [-0.25, -0.2) is 0 Å². The lowest BCUT2D eigenvalue weighted by Crippen LogP contribution is -2.41. The molecular formula is C20H26N2O3S2. The zero-order valence-corrected chi connectivity index (χ0v) is 17.1. The summed E-state index contributed by atoms with van der Waals surface area (Å²) in [6.45, 7) is 6.58. The molecule has 0 bridgehead atoms. The van der Waals surface area contributed by atoms with E-state index in [1.165, 1.54) is 4.88 Å². The van der Waals surface area contributed by atoms with Crippen LogP contribution in [0.4, 0.5) is 0 Å². The van der Waals surface area contributed by atoms with Gasteiger partial charge < -0.3 is 19.3 Å². The number of amides is 1. The van der Waals surface area contributed by atoms with E-state index < -0.39 is 0 Å². The Balaban J connectivity index is 0.000000156. The lowest BCUT2D eigenvalue weighted by atomic mass is 10.3. The lowest BCUT2D eigenvalue weighted by molar-refractivity contribution is -0.134. The van der Waals surface area contributed by atoms with Crippen molar-refractivity contribution in [2.75, 3.05) is 52.6 Å². The molecule has 0 radical (unpaired) electrons. The largest absolute Gasteiger partial charge is 0.378 e. The normalized spacial score (nSPS) is 17.6. The molecule has 4 rings (SSSR count). The molecule has 2 aromatic heterocycles. The van der Waals surface area contributed by atoms with Gasteiger partial charge in [-0.2, -0.15) is 0 Å². The highest BCUT2D eigenvalue weighted by molar-refractivity contribution is 7.10. The van der Waals surface area contributed by atoms with Crippen LogP contribution in [0.25, 0.3) is 6.08 Å². The monoisotopic (exact) mass is 406 g/mol. The Hall–Kier alpha value is -1.67. The average Bonchev–Trinajstić information content (AvgIpc) is 3.43. The van der Waals surface area contributed by atoms with Crippen LogP contribution in [-0.2, 0) is 20.7 Å². The Morgan fingerprint density at radius 1 is 0.963 bits per heavy atom. The summed E-state index contributed by atoms with van der Waals surface area (Å²) >= 11 is 3.40. The van der Waals surface area contributed by atoms with E-state index in [-0.39, 0.29) is 5.91 Å². The Bertz CT molecular complexity index is 674. The van der Waals surface area contributed by atoms with Crippen molar-refractivity contribution >= 4 is 34.7 Å². The second kappa shape index (κ2) is 11.2. The summed E-state index contributed by atoms with van der Waals surface area (Å²) in [5, 5.41) is 4.10. The van der Waals surface area contributed by atoms with Crippen LogP contribution in [0.15, 0.2) is 41.2 Å². The first-order valence-electron chi connectivity index (χ1n) is 9.22. The van der Waals surface area contributed by atoms with Crippen molar-refractivity contribution in [3.63, 3.8) is 0 Å². The number of nitrogens with zero attached hydrogens (tertiary/aromatic N) is 2. The molecule has 2 saturated heterocycles. The molecule has 0 atom stereocenters. The molecule has 146 valence electrons. The maximum atomic E-state index is 11.7. The fourth-order valence-corrected chi connectivity index (χ4v) is 4.08. The van der Waals surface area contributed by atoms with Crippen LogP contribution in [-0.4, -0.2) is 68.3 Å². The highest BCUT2D eigenvalue weighted by Crippen LogP contribution is 2.12. The summed E-state index contributed by atoms with van der Waals surface area (Å²) in [5.74, 6) is 0.218. The van der Waals surface area contributed by atoms with Crippen molar-refractivity contribution in [3.8, 4) is 0 Å². The zero-order chi connectivity index (χ0) is 18.7. The fourth-order valence-electron chi connectivity index (χ4n) is 2.78. The van der Waals surface area contributed by atoms with Crippen LogP contribution in [0.1, 0.15) is 9.75 Å². The molecule has 0 saturated carbocycles. The van der Waals surface area contributed by atoms with Crippen molar-refractivity contribution in [1.29, 1.82) is 0 Å². The Morgan fingerprint density at radius 3 is 2.26 bits per heavy atom. The Kier molecular flexibility index (Phi) is 8.35. The van der Waals surface area contributed by atoms with E-state index in [4.69, 9.17) is 9.47 Å². The van der Waals surface area contributed by atoms with Crippen molar-refractivity contribution in [3.05, 3.63) is 51.0 Å². The van der Waals surface area contributed by atoms with E-state index in [1.807, 2.05) is 22.4 Å². The van der Waals surface area contributed by atoms with Gasteiger partial charge in [0, 0.05) is 42.1 Å². The summed E-state index contributed by atoms with van der Waals surface area (Å²) < 4.78 is 10.5. The number of hydrogen-bond acceptors (Lipinski definition) is 6. The van der Waals surface area contributed by atoms with Gasteiger partial charge >= 0.3 is 0 Å². The quantitative estimate of drug-likeness (QED) is 0.782. The number of morpholine rings is 2. The van der Waals surface area contributed by atoms with Crippen molar-refractivity contribution in [1.82, 2.24) is 9.80 Å². The molecule has 27 heavy (non-hydrogen) atoms. The molecule has 2 fully saturated rings. The summed E-state index contributed by atoms with van der Waals surface area (Å²) in [4.78, 5) is 18.4. The van der Waals surface area contributed by atoms with Gasteiger partial charge in [0.05, 0.1) is 32.8 Å². The van der Waals surface area contributed by atoms with Gasteiger partial charge in [0.2, 0.25) is 5.91 Å². The third-order valence-electron chi connectivity index (χ3n) is 4.31. The van der Waals surface area contributed by atoms with Gasteiger partial charge in [-0.05, 0) is 29.0 Å². The van der Waals surface area contributed by atoms with E-state index in [2.05, 4.69) is 34.7 Å². The first-order chi connectivity index (χ1) is 13.3. The number of carbonyl (C=O) groups excluding carboxylic acids is 1. The zero-order valence-electron chi connectivity index (χ0n) is 15.4. The van der Waals surface area contributed by atoms with E-state index in [0.29, 0.717) is 19.6 Å². The van der Waals surface area contributed by atoms with E-state index >= 15 is 0 Å². The van der Waals surface area contributed by atoms with Crippen molar-refractivity contribution in [2.24, 2.45) is 0 Å². The lowest BCUT2D eigenvalue weighted by Gasteiger charge is -2.26. The third kappa shape index (κ3) is 7.10. The minimum Gasteiger partial charge on any atom is -0.378 e. The average molecular weight is 407 g/mol. The van der Waals surface area contributed by atoms with Gasteiger partial charge in [-0.1, -0.05) is 12.1 Å². The summed E-state index contributed by atoms with van der Waals surface area (Å²) in [7, 11) is 0. The summed E-state index contributed by atoms with van der Waals surface area (Å²) in [6, 6.07) is 8.18. The maximum Gasteiger partial charge on any atom is 0.227 e. The molecule has 0 unspecified atom stereocenters. The number of thiophene rings is 2. The third-order valence-corrected chi connectivity index (χ3v) is 6.02. The minimum atomic E-state index is 0.218. The molecule has 0 spiro atoms. The molecule has 0 aliphatic carbocycles. The number of ether oxygens (including phenoxy) is 2. The highest BCUT2D eigenvalue weighted by Gasteiger charge is 2.16. The first kappa shape index (κ1) is 20.1. The van der Waals surface area contributed by atoms with Crippen molar-refractivity contribution < 1.29 is 14.3 Å². The molecule has 4 heterocycles. The van der Waals surface area contributed by atoms with Crippen molar-refractivity contribution in [2.45, 2.75) is 6.42 Å².